The van der Waals surface area contributed by atoms with E-state index < -0.39 is 0 Å². The van der Waals surface area contributed by atoms with Crippen LogP contribution in [0.5, 0.6) is 5.75 Å². The highest BCUT2D eigenvalue weighted by Crippen LogP contribution is 2.27. The SMILES string of the molecule is CCN(CCO)Cc1cc(Br)cc(C)c1O. The molecule has 0 aliphatic rings. The molecule has 4 heteroatoms. The van der Waals surface area contributed by atoms with Gasteiger partial charge >= 0.3 is 0 Å². The van der Waals surface area contributed by atoms with Crippen molar-refractivity contribution in [2.24, 2.45) is 0 Å². The normalized spacial score (nSPS) is 11.1. The molecule has 0 aliphatic heterocycles. The first-order valence-corrected chi connectivity index (χ1v) is 6.19. The van der Waals surface area contributed by atoms with Crippen LogP contribution in [0.25, 0.3) is 0 Å². The summed E-state index contributed by atoms with van der Waals surface area (Å²) < 4.78 is 0.970. The highest BCUT2D eigenvalue weighted by Gasteiger charge is 2.09. The van der Waals surface area contributed by atoms with Crippen LogP contribution in [0.2, 0.25) is 0 Å². The molecule has 0 radical (unpaired) electrons. The number of phenolic OH excluding ortho intramolecular Hbond substituents is 1. The molecular weight excluding hydrogens is 270 g/mol. The molecule has 3 nitrogen and oxygen atoms in total. The third kappa shape index (κ3) is 3.47. The van der Waals surface area contributed by atoms with Gasteiger partial charge in [-0.2, -0.15) is 0 Å². The van der Waals surface area contributed by atoms with E-state index in [9.17, 15) is 5.11 Å². The lowest BCUT2D eigenvalue weighted by molar-refractivity contribution is 0.195. The van der Waals surface area contributed by atoms with E-state index in [0.29, 0.717) is 18.8 Å². The summed E-state index contributed by atoms with van der Waals surface area (Å²) in [6.07, 6.45) is 0. The van der Waals surface area contributed by atoms with Crippen molar-refractivity contribution in [3.05, 3.63) is 27.7 Å². The molecule has 0 saturated heterocycles. The van der Waals surface area contributed by atoms with Crippen LogP contribution in [0.1, 0.15) is 18.1 Å². The van der Waals surface area contributed by atoms with Gasteiger partial charge in [0.1, 0.15) is 5.75 Å². The largest absolute Gasteiger partial charge is 0.507 e. The summed E-state index contributed by atoms with van der Waals surface area (Å²) in [5, 5.41) is 18.8. The molecule has 2 N–H and O–H groups in total. The topological polar surface area (TPSA) is 43.7 Å². The van der Waals surface area contributed by atoms with E-state index in [1.54, 1.807) is 0 Å². The lowest BCUT2D eigenvalue weighted by Crippen LogP contribution is -2.26. The third-order valence-corrected chi connectivity index (χ3v) is 3.06. The van der Waals surface area contributed by atoms with Crippen LogP contribution in [0, 0.1) is 6.92 Å². The van der Waals surface area contributed by atoms with Gasteiger partial charge in [-0.05, 0) is 31.2 Å². The van der Waals surface area contributed by atoms with Gasteiger partial charge in [0, 0.05) is 23.1 Å². The number of aryl methyl sites for hydroxylation is 1. The van der Waals surface area contributed by atoms with E-state index >= 15 is 0 Å². The zero-order valence-corrected chi connectivity index (χ0v) is 11.3. The summed E-state index contributed by atoms with van der Waals surface area (Å²) in [4.78, 5) is 2.08. The molecule has 90 valence electrons. The maximum absolute atomic E-state index is 9.92. The molecule has 0 atom stereocenters. The molecule has 0 aliphatic carbocycles. The summed E-state index contributed by atoms with van der Waals surface area (Å²) in [5.74, 6) is 0.347. The minimum Gasteiger partial charge on any atom is -0.507 e. The van der Waals surface area contributed by atoms with Crippen LogP contribution < -0.4 is 0 Å². The number of hydrogen-bond acceptors (Lipinski definition) is 3. The average molecular weight is 288 g/mol. The standard InChI is InChI=1S/C12H18BrNO2/c1-3-14(4-5-15)8-10-7-11(13)6-9(2)12(10)16/h6-7,15-16H,3-5,8H2,1-2H3. The lowest BCUT2D eigenvalue weighted by Gasteiger charge is -2.20. The monoisotopic (exact) mass is 287 g/mol. The second-order valence-corrected chi connectivity index (χ2v) is 4.74. The van der Waals surface area contributed by atoms with Crippen molar-refractivity contribution in [1.82, 2.24) is 4.90 Å². The van der Waals surface area contributed by atoms with Crippen molar-refractivity contribution in [3.63, 3.8) is 0 Å². The number of phenols is 1. The minimum atomic E-state index is 0.140. The lowest BCUT2D eigenvalue weighted by atomic mass is 10.1. The van der Waals surface area contributed by atoms with Crippen molar-refractivity contribution in [3.8, 4) is 5.75 Å². The van der Waals surface area contributed by atoms with Gasteiger partial charge in [-0.15, -0.1) is 0 Å². The molecule has 16 heavy (non-hydrogen) atoms. The Balaban J connectivity index is 2.87. The second kappa shape index (κ2) is 6.23. The molecule has 0 fully saturated rings. The molecule has 0 amide bonds. The Morgan fingerprint density at radius 1 is 1.38 bits per heavy atom. The molecule has 1 aromatic rings. The van der Waals surface area contributed by atoms with Crippen LogP contribution in [-0.4, -0.2) is 34.8 Å². The summed E-state index contributed by atoms with van der Waals surface area (Å²) in [6, 6.07) is 3.81. The highest BCUT2D eigenvalue weighted by atomic mass is 79.9. The number of aliphatic hydroxyl groups excluding tert-OH is 1. The van der Waals surface area contributed by atoms with Crippen molar-refractivity contribution in [2.75, 3.05) is 19.7 Å². The first kappa shape index (κ1) is 13.5. The number of likely N-dealkylation sites (N-methyl/N-ethyl adjacent to an activating group) is 1. The Kier molecular flexibility index (Phi) is 5.25. The van der Waals surface area contributed by atoms with Gasteiger partial charge < -0.3 is 10.2 Å². The molecule has 0 saturated carbocycles. The maximum Gasteiger partial charge on any atom is 0.123 e. The van der Waals surface area contributed by atoms with E-state index in [0.717, 1.165) is 22.1 Å². The molecule has 0 aromatic heterocycles. The van der Waals surface area contributed by atoms with E-state index in [1.807, 2.05) is 26.0 Å². The Hall–Kier alpha value is -0.580. The van der Waals surface area contributed by atoms with Crippen molar-refractivity contribution < 1.29 is 10.2 Å². The third-order valence-electron chi connectivity index (χ3n) is 2.60. The van der Waals surface area contributed by atoms with Crippen LogP contribution in [0.15, 0.2) is 16.6 Å². The molecule has 1 aromatic carbocycles. The minimum absolute atomic E-state index is 0.140. The highest BCUT2D eigenvalue weighted by molar-refractivity contribution is 9.10. The zero-order valence-electron chi connectivity index (χ0n) is 9.70. The van der Waals surface area contributed by atoms with Gasteiger partial charge in [-0.3, -0.25) is 4.90 Å². The molecule has 0 spiro atoms. The van der Waals surface area contributed by atoms with Gasteiger partial charge in [0.2, 0.25) is 0 Å². The van der Waals surface area contributed by atoms with E-state index in [2.05, 4.69) is 20.8 Å². The van der Waals surface area contributed by atoms with Gasteiger partial charge in [0.15, 0.2) is 0 Å². The number of benzene rings is 1. The van der Waals surface area contributed by atoms with Gasteiger partial charge in [0.25, 0.3) is 0 Å². The molecule has 0 heterocycles. The number of aliphatic hydroxyl groups is 1. The second-order valence-electron chi connectivity index (χ2n) is 3.82. The van der Waals surface area contributed by atoms with Gasteiger partial charge in [-0.1, -0.05) is 22.9 Å². The molecule has 1 rings (SSSR count). The Labute approximate surface area is 105 Å². The summed E-state index contributed by atoms with van der Waals surface area (Å²) in [7, 11) is 0. The maximum atomic E-state index is 9.92. The van der Waals surface area contributed by atoms with Crippen molar-refractivity contribution in [1.29, 1.82) is 0 Å². The Morgan fingerprint density at radius 2 is 2.06 bits per heavy atom. The molecular formula is C12H18BrNO2. The van der Waals surface area contributed by atoms with E-state index in [1.165, 1.54) is 0 Å². The Bertz CT molecular complexity index is 355. The quantitative estimate of drug-likeness (QED) is 0.873. The predicted octanol–water partition coefficient (Wildman–Crippen LogP) is 2.28. The van der Waals surface area contributed by atoms with E-state index in [-0.39, 0.29) is 6.61 Å². The number of hydrogen-bond donors (Lipinski definition) is 2. The summed E-state index contributed by atoms with van der Waals surface area (Å²) >= 11 is 3.42. The van der Waals surface area contributed by atoms with Gasteiger partial charge in [-0.25, -0.2) is 0 Å². The van der Waals surface area contributed by atoms with Crippen molar-refractivity contribution in [2.45, 2.75) is 20.4 Å². The fourth-order valence-corrected chi connectivity index (χ4v) is 2.28. The summed E-state index contributed by atoms with van der Waals surface area (Å²) in [6.45, 7) is 6.20. The zero-order chi connectivity index (χ0) is 12.1. The average Bonchev–Trinajstić information content (AvgIpc) is 2.24. The van der Waals surface area contributed by atoms with Crippen LogP contribution >= 0.6 is 15.9 Å². The Morgan fingerprint density at radius 3 is 2.62 bits per heavy atom. The van der Waals surface area contributed by atoms with Crippen LogP contribution in [0.4, 0.5) is 0 Å². The number of halogens is 1. The number of nitrogens with zero attached hydrogens (tertiary/aromatic N) is 1. The first-order chi connectivity index (χ1) is 7.58. The smallest absolute Gasteiger partial charge is 0.123 e. The number of rotatable bonds is 5. The summed E-state index contributed by atoms with van der Waals surface area (Å²) in [5.41, 5.74) is 1.76. The van der Waals surface area contributed by atoms with E-state index in [4.69, 9.17) is 5.11 Å². The fraction of sp³-hybridized carbons (Fsp3) is 0.500. The van der Waals surface area contributed by atoms with Crippen LogP contribution in [0.3, 0.4) is 0 Å². The van der Waals surface area contributed by atoms with Crippen LogP contribution in [-0.2, 0) is 6.54 Å². The fourth-order valence-electron chi connectivity index (χ4n) is 1.66. The first-order valence-electron chi connectivity index (χ1n) is 5.39. The predicted molar refractivity (Wildman–Crippen MR) is 68.6 cm³/mol. The van der Waals surface area contributed by atoms with Gasteiger partial charge in [0.05, 0.1) is 6.61 Å². The van der Waals surface area contributed by atoms with Crippen molar-refractivity contribution >= 4 is 15.9 Å². The number of aromatic hydroxyl groups is 1. The molecule has 0 bridgehead atoms. The molecule has 0 unspecified atom stereocenters.